The molecule has 0 atom stereocenters. The van der Waals surface area contributed by atoms with Gasteiger partial charge in [0, 0.05) is 0 Å². The van der Waals surface area contributed by atoms with Crippen molar-refractivity contribution in [3.8, 4) is 0 Å². The van der Waals surface area contributed by atoms with Crippen molar-refractivity contribution in [1.82, 2.24) is 4.98 Å². The highest BCUT2D eigenvalue weighted by atomic mass is 19.4. The third-order valence-electron chi connectivity index (χ3n) is 1.45. The molecule has 0 aromatic carbocycles. The zero-order valence-corrected chi connectivity index (χ0v) is 6.47. The zero-order valence-electron chi connectivity index (χ0n) is 6.47. The van der Waals surface area contributed by atoms with Gasteiger partial charge in [0.1, 0.15) is 5.69 Å². The summed E-state index contributed by atoms with van der Waals surface area (Å²) >= 11 is 0. The molecule has 13 heavy (non-hydrogen) atoms. The molecule has 0 spiro atoms. The summed E-state index contributed by atoms with van der Waals surface area (Å²) in [6.45, 7) is -0.601. The number of rotatable bonds is 1. The number of halogens is 3. The van der Waals surface area contributed by atoms with Gasteiger partial charge in [-0.3, -0.25) is 0 Å². The first kappa shape index (κ1) is 9.79. The van der Waals surface area contributed by atoms with Crippen LogP contribution in [-0.2, 0) is 12.8 Å². The molecule has 0 aliphatic heterocycles. The van der Waals surface area contributed by atoms with Crippen molar-refractivity contribution in [3.05, 3.63) is 23.5 Å². The smallest absolute Gasteiger partial charge is 0.397 e. The first-order valence-corrected chi connectivity index (χ1v) is 3.38. The standard InChI is InChI=1S/C7H7F3N2O/c8-7(9,10)6-2-1-4(11)5(3-13)12-6/h1-2,13H,3,11H2. The van der Waals surface area contributed by atoms with Crippen molar-refractivity contribution >= 4 is 5.69 Å². The van der Waals surface area contributed by atoms with E-state index in [2.05, 4.69) is 4.98 Å². The number of nitrogens with two attached hydrogens (primary N) is 1. The molecule has 3 N–H and O–H groups in total. The van der Waals surface area contributed by atoms with Gasteiger partial charge >= 0.3 is 6.18 Å². The van der Waals surface area contributed by atoms with E-state index in [0.29, 0.717) is 0 Å². The lowest BCUT2D eigenvalue weighted by molar-refractivity contribution is -0.141. The highest BCUT2D eigenvalue weighted by molar-refractivity contribution is 5.43. The van der Waals surface area contributed by atoms with Crippen LogP contribution in [0.1, 0.15) is 11.4 Å². The molecule has 0 unspecified atom stereocenters. The molecule has 0 bridgehead atoms. The van der Waals surface area contributed by atoms with Gasteiger partial charge in [-0.2, -0.15) is 13.2 Å². The lowest BCUT2D eigenvalue weighted by Gasteiger charge is -2.07. The van der Waals surface area contributed by atoms with Crippen molar-refractivity contribution in [3.63, 3.8) is 0 Å². The van der Waals surface area contributed by atoms with Gasteiger partial charge in [0.2, 0.25) is 0 Å². The van der Waals surface area contributed by atoms with Crippen LogP contribution in [0.5, 0.6) is 0 Å². The number of alkyl halides is 3. The maximum atomic E-state index is 12.1. The Labute approximate surface area is 72.0 Å². The molecule has 0 aliphatic carbocycles. The molecular formula is C7H7F3N2O. The summed E-state index contributed by atoms with van der Waals surface area (Å²) in [6, 6.07) is 1.84. The Morgan fingerprint density at radius 2 is 2.00 bits per heavy atom. The fourth-order valence-electron chi connectivity index (χ4n) is 0.797. The Bertz CT molecular complexity index is 311. The molecule has 1 rings (SSSR count). The van der Waals surface area contributed by atoms with Crippen molar-refractivity contribution in [2.75, 3.05) is 5.73 Å². The molecule has 1 heterocycles. The monoisotopic (exact) mass is 192 g/mol. The van der Waals surface area contributed by atoms with E-state index in [4.69, 9.17) is 10.8 Å². The van der Waals surface area contributed by atoms with Gasteiger partial charge in [-0.25, -0.2) is 4.98 Å². The van der Waals surface area contributed by atoms with E-state index in [1.165, 1.54) is 0 Å². The lowest BCUT2D eigenvalue weighted by Crippen LogP contribution is -2.10. The van der Waals surface area contributed by atoms with Crippen molar-refractivity contribution in [2.24, 2.45) is 0 Å². The van der Waals surface area contributed by atoms with Crippen molar-refractivity contribution in [1.29, 1.82) is 0 Å². The minimum atomic E-state index is -4.50. The van der Waals surface area contributed by atoms with Crippen LogP contribution in [-0.4, -0.2) is 10.1 Å². The topological polar surface area (TPSA) is 59.1 Å². The average molecular weight is 192 g/mol. The van der Waals surface area contributed by atoms with Crippen LogP contribution in [0.2, 0.25) is 0 Å². The van der Waals surface area contributed by atoms with E-state index in [1.54, 1.807) is 0 Å². The van der Waals surface area contributed by atoms with Crippen molar-refractivity contribution in [2.45, 2.75) is 12.8 Å². The van der Waals surface area contributed by atoms with Crippen LogP contribution in [0.3, 0.4) is 0 Å². The molecule has 1 aromatic heterocycles. The Morgan fingerprint density at radius 1 is 1.38 bits per heavy atom. The summed E-state index contributed by atoms with van der Waals surface area (Å²) in [7, 11) is 0. The fourth-order valence-corrected chi connectivity index (χ4v) is 0.797. The molecule has 0 fully saturated rings. The minimum Gasteiger partial charge on any atom is -0.397 e. The van der Waals surface area contributed by atoms with Crippen LogP contribution < -0.4 is 5.73 Å². The Kier molecular flexibility index (Phi) is 2.42. The number of aromatic nitrogens is 1. The summed E-state index contributed by atoms with van der Waals surface area (Å²) in [5.41, 5.74) is 4.10. The molecular weight excluding hydrogens is 185 g/mol. The van der Waals surface area contributed by atoms with Gasteiger partial charge in [0.05, 0.1) is 18.0 Å². The molecule has 1 aromatic rings. The first-order valence-electron chi connectivity index (χ1n) is 3.38. The SMILES string of the molecule is Nc1ccc(C(F)(F)F)nc1CO. The molecule has 6 heteroatoms. The Morgan fingerprint density at radius 3 is 2.46 bits per heavy atom. The van der Waals surface area contributed by atoms with E-state index in [9.17, 15) is 13.2 Å². The number of pyridine rings is 1. The average Bonchev–Trinajstić information content (AvgIpc) is 2.03. The molecule has 0 radical (unpaired) electrons. The molecule has 0 amide bonds. The predicted octanol–water partition coefficient (Wildman–Crippen LogP) is 1.17. The number of nitrogens with zero attached hydrogens (tertiary/aromatic N) is 1. The minimum absolute atomic E-state index is 0.0514. The number of nitrogen functional groups attached to an aromatic ring is 1. The predicted molar refractivity (Wildman–Crippen MR) is 39.6 cm³/mol. The zero-order chi connectivity index (χ0) is 10.1. The second-order valence-corrected chi connectivity index (χ2v) is 2.39. The van der Waals surface area contributed by atoms with E-state index in [1.807, 2.05) is 0 Å². The highest BCUT2D eigenvalue weighted by Gasteiger charge is 2.32. The molecule has 72 valence electrons. The largest absolute Gasteiger partial charge is 0.433 e. The maximum Gasteiger partial charge on any atom is 0.433 e. The van der Waals surface area contributed by atoms with Gasteiger partial charge in [-0.15, -0.1) is 0 Å². The van der Waals surface area contributed by atoms with Gasteiger partial charge < -0.3 is 10.8 Å². The second kappa shape index (κ2) is 3.21. The van der Waals surface area contributed by atoms with E-state index in [0.717, 1.165) is 12.1 Å². The van der Waals surface area contributed by atoms with Crippen LogP contribution >= 0.6 is 0 Å². The molecule has 0 aliphatic rings. The van der Waals surface area contributed by atoms with E-state index in [-0.39, 0.29) is 11.4 Å². The quantitative estimate of drug-likeness (QED) is 0.702. The Balaban J connectivity index is 3.14. The highest BCUT2D eigenvalue weighted by Crippen LogP contribution is 2.28. The fraction of sp³-hybridized carbons (Fsp3) is 0.286. The summed E-state index contributed by atoms with van der Waals surface area (Å²) in [5, 5.41) is 8.60. The molecule has 0 saturated carbocycles. The molecule has 3 nitrogen and oxygen atoms in total. The Hall–Kier alpha value is -1.30. The van der Waals surface area contributed by atoms with Gasteiger partial charge in [-0.05, 0) is 12.1 Å². The number of aliphatic hydroxyl groups excluding tert-OH is 1. The van der Waals surface area contributed by atoms with Gasteiger partial charge in [0.15, 0.2) is 0 Å². The van der Waals surface area contributed by atoms with Crippen molar-refractivity contribution < 1.29 is 18.3 Å². The third-order valence-corrected chi connectivity index (χ3v) is 1.45. The number of anilines is 1. The van der Waals surface area contributed by atoms with Crippen LogP contribution in [0.4, 0.5) is 18.9 Å². The lowest BCUT2D eigenvalue weighted by atomic mass is 10.2. The summed E-state index contributed by atoms with van der Waals surface area (Å²) < 4.78 is 36.2. The van der Waals surface area contributed by atoms with E-state index < -0.39 is 18.5 Å². The number of aliphatic hydroxyl groups is 1. The molecule has 0 saturated heterocycles. The van der Waals surface area contributed by atoms with Crippen LogP contribution in [0.15, 0.2) is 12.1 Å². The summed E-state index contributed by atoms with van der Waals surface area (Å²) in [4.78, 5) is 3.16. The normalized spacial score (nSPS) is 11.7. The van der Waals surface area contributed by atoms with Gasteiger partial charge in [0.25, 0.3) is 0 Å². The number of hydrogen-bond donors (Lipinski definition) is 2. The maximum absolute atomic E-state index is 12.1. The van der Waals surface area contributed by atoms with Gasteiger partial charge in [-0.1, -0.05) is 0 Å². The second-order valence-electron chi connectivity index (χ2n) is 2.39. The summed E-state index contributed by atoms with van der Waals surface area (Å²) in [5.74, 6) is 0. The van der Waals surface area contributed by atoms with Crippen LogP contribution in [0, 0.1) is 0 Å². The first-order chi connectivity index (χ1) is 5.95. The number of hydrogen-bond acceptors (Lipinski definition) is 3. The summed E-state index contributed by atoms with van der Waals surface area (Å²) in [6.07, 6.45) is -4.50. The van der Waals surface area contributed by atoms with E-state index >= 15 is 0 Å². The third kappa shape index (κ3) is 2.09. The van der Waals surface area contributed by atoms with Crippen LogP contribution in [0.25, 0.3) is 0 Å².